The zero-order valence-electron chi connectivity index (χ0n) is 15.5. The van der Waals surface area contributed by atoms with Gasteiger partial charge in [0.05, 0.1) is 18.3 Å². The van der Waals surface area contributed by atoms with Crippen molar-refractivity contribution in [2.45, 2.75) is 0 Å². The van der Waals surface area contributed by atoms with Crippen molar-refractivity contribution in [2.24, 2.45) is 0 Å². The summed E-state index contributed by atoms with van der Waals surface area (Å²) in [5.41, 5.74) is 3.81. The minimum Gasteiger partial charge on any atom is -0.495 e. The summed E-state index contributed by atoms with van der Waals surface area (Å²) in [4.78, 5) is 14.1. The molecule has 1 aromatic carbocycles. The van der Waals surface area contributed by atoms with Crippen LogP contribution in [0.2, 0.25) is 5.15 Å². The number of hydrogen-bond acceptors (Lipinski definition) is 5. The summed E-state index contributed by atoms with van der Waals surface area (Å²) in [6.07, 6.45) is 2.01. The Morgan fingerprint density at radius 1 is 0.893 bits per heavy atom. The number of methoxy groups -OCH3 is 1. The van der Waals surface area contributed by atoms with Crippen LogP contribution in [0.15, 0.2) is 54.7 Å². The monoisotopic (exact) mass is 393 g/mol. The lowest BCUT2D eigenvalue weighted by Crippen LogP contribution is -2.47. The van der Waals surface area contributed by atoms with E-state index in [9.17, 15) is 0 Å². The molecule has 0 atom stereocenters. The number of benzene rings is 1. The Morgan fingerprint density at radius 2 is 1.68 bits per heavy atom. The number of piperazine rings is 1. The first-order chi connectivity index (χ1) is 13.7. The maximum Gasteiger partial charge on any atom is 0.165 e. The smallest absolute Gasteiger partial charge is 0.165 e. The second-order valence-corrected chi connectivity index (χ2v) is 7.21. The van der Waals surface area contributed by atoms with Crippen LogP contribution in [0.1, 0.15) is 0 Å². The minimum absolute atomic E-state index is 0.475. The molecular weight excluding hydrogens is 374 g/mol. The molecule has 0 spiro atoms. The molecule has 0 saturated carbocycles. The lowest BCUT2D eigenvalue weighted by atomic mass is 10.2. The molecule has 1 fully saturated rings. The SMILES string of the molecule is COc1ccccc1N1CCN(c2nc3ccc(Cl)nc3n3cccc23)CC1. The van der Waals surface area contributed by atoms with Crippen LogP contribution < -0.4 is 14.5 Å². The third-order valence-corrected chi connectivity index (χ3v) is 5.47. The fraction of sp³-hybridized carbons (Fsp3) is 0.238. The molecule has 5 rings (SSSR count). The van der Waals surface area contributed by atoms with Gasteiger partial charge in [-0.25, -0.2) is 9.97 Å². The first kappa shape index (κ1) is 17.1. The predicted molar refractivity (Wildman–Crippen MR) is 113 cm³/mol. The molecule has 0 unspecified atom stereocenters. The Kier molecular flexibility index (Phi) is 4.20. The summed E-state index contributed by atoms with van der Waals surface area (Å²) in [5.74, 6) is 1.90. The minimum atomic E-state index is 0.475. The Hall–Kier alpha value is -2.99. The number of pyridine rings is 1. The second kappa shape index (κ2) is 6.87. The van der Waals surface area contributed by atoms with E-state index in [2.05, 4.69) is 37.4 Å². The molecule has 0 N–H and O–H groups in total. The topological polar surface area (TPSA) is 45.9 Å². The van der Waals surface area contributed by atoms with E-state index >= 15 is 0 Å². The van der Waals surface area contributed by atoms with Gasteiger partial charge in [-0.3, -0.25) is 4.40 Å². The van der Waals surface area contributed by atoms with Crippen LogP contribution in [0.4, 0.5) is 11.5 Å². The van der Waals surface area contributed by atoms with Gasteiger partial charge in [0, 0.05) is 32.4 Å². The average Bonchev–Trinajstić information content (AvgIpc) is 3.24. The van der Waals surface area contributed by atoms with E-state index < -0.39 is 0 Å². The van der Waals surface area contributed by atoms with E-state index in [0.717, 1.165) is 60.1 Å². The molecule has 4 heterocycles. The van der Waals surface area contributed by atoms with Crippen molar-refractivity contribution in [3.8, 4) is 5.75 Å². The van der Waals surface area contributed by atoms with Gasteiger partial charge in [0.1, 0.15) is 16.4 Å². The van der Waals surface area contributed by atoms with Gasteiger partial charge in [-0.05, 0) is 36.4 Å². The van der Waals surface area contributed by atoms with Gasteiger partial charge in [0.15, 0.2) is 11.5 Å². The maximum atomic E-state index is 6.10. The van der Waals surface area contributed by atoms with Gasteiger partial charge in [0.25, 0.3) is 0 Å². The maximum absolute atomic E-state index is 6.10. The number of halogens is 1. The van der Waals surface area contributed by atoms with Gasteiger partial charge in [-0.1, -0.05) is 23.7 Å². The number of ether oxygens (including phenoxy) is 1. The lowest BCUT2D eigenvalue weighted by molar-refractivity contribution is 0.413. The van der Waals surface area contributed by atoms with Gasteiger partial charge in [-0.15, -0.1) is 0 Å². The van der Waals surface area contributed by atoms with Crippen LogP contribution >= 0.6 is 11.6 Å². The molecule has 1 aliphatic rings. The van der Waals surface area contributed by atoms with E-state index in [-0.39, 0.29) is 0 Å². The first-order valence-corrected chi connectivity index (χ1v) is 9.68. The number of para-hydroxylation sites is 2. The van der Waals surface area contributed by atoms with E-state index in [1.807, 2.05) is 30.5 Å². The highest BCUT2D eigenvalue weighted by atomic mass is 35.5. The summed E-state index contributed by atoms with van der Waals surface area (Å²) in [5, 5.41) is 0.475. The molecule has 28 heavy (non-hydrogen) atoms. The quantitative estimate of drug-likeness (QED) is 0.494. The van der Waals surface area contributed by atoms with Crippen LogP contribution in [0.5, 0.6) is 5.75 Å². The van der Waals surface area contributed by atoms with Gasteiger partial charge in [-0.2, -0.15) is 0 Å². The van der Waals surface area contributed by atoms with Crippen LogP contribution in [0, 0.1) is 0 Å². The number of nitrogens with zero attached hydrogens (tertiary/aromatic N) is 5. The molecular formula is C21H20ClN5O. The normalized spacial score (nSPS) is 14.8. The fourth-order valence-electron chi connectivity index (χ4n) is 3.88. The highest BCUT2D eigenvalue weighted by Crippen LogP contribution is 2.30. The Bertz CT molecular complexity index is 1150. The molecule has 3 aromatic heterocycles. The van der Waals surface area contributed by atoms with E-state index in [0.29, 0.717) is 5.15 Å². The first-order valence-electron chi connectivity index (χ1n) is 9.31. The summed E-state index contributed by atoms with van der Waals surface area (Å²) in [6, 6.07) is 16.0. The molecule has 1 saturated heterocycles. The van der Waals surface area contributed by atoms with Crippen LogP contribution in [-0.2, 0) is 0 Å². The number of fused-ring (bicyclic) bond motifs is 3. The van der Waals surface area contributed by atoms with Crippen molar-refractivity contribution >= 4 is 39.8 Å². The number of anilines is 2. The standard InChI is InChI=1S/C21H20ClN5O/c1-28-18-7-3-2-5-16(18)25-11-13-26(14-12-25)21-17-6-4-10-27(17)20-15(23-21)8-9-19(22)24-20/h2-10H,11-14H2,1H3. The summed E-state index contributed by atoms with van der Waals surface area (Å²) in [6.45, 7) is 3.59. The molecule has 0 aliphatic carbocycles. The van der Waals surface area contributed by atoms with Crippen LogP contribution in [0.25, 0.3) is 16.7 Å². The average molecular weight is 394 g/mol. The third kappa shape index (κ3) is 2.81. The Morgan fingerprint density at radius 3 is 2.50 bits per heavy atom. The lowest BCUT2D eigenvalue weighted by Gasteiger charge is -2.37. The molecule has 142 valence electrons. The summed E-state index contributed by atoms with van der Waals surface area (Å²) in [7, 11) is 1.72. The van der Waals surface area contributed by atoms with E-state index in [1.165, 1.54) is 0 Å². The number of rotatable bonds is 3. The third-order valence-electron chi connectivity index (χ3n) is 5.26. The van der Waals surface area contributed by atoms with Crippen molar-refractivity contribution in [1.82, 2.24) is 14.4 Å². The van der Waals surface area contributed by atoms with Crippen LogP contribution in [0.3, 0.4) is 0 Å². The van der Waals surface area contributed by atoms with Crippen molar-refractivity contribution < 1.29 is 4.74 Å². The van der Waals surface area contributed by atoms with Crippen molar-refractivity contribution in [3.63, 3.8) is 0 Å². The highest BCUT2D eigenvalue weighted by Gasteiger charge is 2.23. The molecule has 4 aromatic rings. The second-order valence-electron chi connectivity index (χ2n) is 6.82. The zero-order chi connectivity index (χ0) is 19.1. The van der Waals surface area contributed by atoms with Crippen LogP contribution in [-0.4, -0.2) is 47.7 Å². The Labute approximate surface area is 167 Å². The van der Waals surface area contributed by atoms with Gasteiger partial charge in [0.2, 0.25) is 0 Å². The van der Waals surface area contributed by atoms with Gasteiger partial charge >= 0.3 is 0 Å². The predicted octanol–water partition coefficient (Wildman–Crippen LogP) is 3.87. The fourth-order valence-corrected chi connectivity index (χ4v) is 4.03. The number of hydrogen-bond donors (Lipinski definition) is 0. The molecule has 7 heteroatoms. The van der Waals surface area contributed by atoms with Gasteiger partial charge < -0.3 is 14.5 Å². The molecule has 0 bridgehead atoms. The Balaban J connectivity index is 1.47. The molecule has 6 nitrogen and oxygen atoms in total. The van der Waals surface area contributed by atoms with E-state index in [1.54, 1.807) is 13.2 Å². The zero-order valence-corrected chi connectivity index (χ0v) is 16.3. The molecule has 0 amide bonds. The molecule has 1 aliphatic heterocycles. The van der Waals surface area contributed by atoms with E-state index in [4.69, 9.17) is 21.3 Å². The van der Waals surface area contributed by atoms with Crippen molar-refractivity contribution in [2.75, 3.05) is 43.1 Å². The summed E-state index contributed by atoms with van der Waals surface area (Å²) < 4.78 is 7.59. The highest BCUT2D eigenvalue weighted by molar-refractivity contribution is 6.29. The number of aromatic nitrogens is 3. The van der Waals surface area contributed by atoms with Crippen molar-refractivity contribution in [1.29, 1.82) is 0 Å². The van der Waals surface area contributed by atoms with Crippen molar-refractivity contribution in [3.05, 3.63) is 59.9 Å². The molecule has 0 radical (unpaired) electrons. The largest absolute Gasteiger partial charge is 0.495 e. The summed E-state index contributed by atoms with van der Waals surface area (Å²) >= 11 is 6.10.